The number of ether oxygens (including phenoxy) is 1. The fourth-order valence-corrected chi connectivity index (χ4v) is 1.84. The fourth-order valence-electron chi connectivity index (χ4n) is 1.84. The van der Waals surface area contributed by atoms with Gasteiger partial charge in [0, 0.05) is 12.2 Å². The SMILES string of the molecule is CCCCOc1ccc(N(CC#N)CC(C)C(=O)O)cc1. The predicted octanol–water partition coefficient (Wildman–Crippen LogP) is 2.92. The molecule has 1 unspecified atom stereocenters. The number of anilines is 1. The first-order valence-corrected chi connectivity index (χ1v) is 7.16. The van der Waals surface area contributed by atoms with Gasteiger partial charge in [0.15, 0.2) is 0 Å². The predicted molar refractivity (Wildman–Crippen MR) is 81.5 cm³/mol. The molecule has 0 heterocycles. The lowest BCUT2D eigenvalue weighted by atomic mass is 10.1. The molecule has 1 rings (SSSR count). The van der Waals surface area contributed by atoms with E-state index < -0.39 is 11.9 Å². The van der Waals surface area contributed by atoms with E-state index in [1.54, 1.807) is 11.8 Å². The Bertz CT molecular complexity index is 479. The van der Waals surface area contributed by atoms with Crippen molar-refractivity contribution in [3.05, 3.63) is 24.3 Å². The molecule has 114 valence electrons. The quantitative estimate of drug-likeness (QED) is 0.559. The number of carboxylic acids is 1. The molecular formula is C16H22N2O3. The number of rotatable bonds is 9. The molecule has 0 aliphatic heterocycles. The van der Waals surface area contributed by atoms with Crippen LogP contribution in [0.15, 0.2) is 24.3 Å². The zero-order chi connectivity index (χ0) is 15.7. The van der Waals surface area contributed by atoms with Crippen LogP contribution >= 0.6 is 0 Å². The summed E-state index contributed by atoms with van der Waals surface area (Å²) in [5, 5.41) is 17.9. The van der Waals surface area contributed by atoms with E-state index in [0.717, 1.165) is 24.3 Å². The van der Waals surface area contributed by atoms with Crippen molar-refractivity contribution < 1.29 is 14.6 Å². The molecule has 21 heavy (non-hydrogen) atoms. The molecule has 0 saturated carbocycles. The van der Waals surface area contributed by atoms with Crippen LogP contribution in [0.1, 0.15) is 26.7 Å². The number of benzene rings is 1. The van der Waals surface area contributed by atoms with Gasteiger partial charge < -0.3 is 14.7 Å². The van der Waals surface area contributed by atoms with Gasteiger partial charge in [0.2, 0.25) is 0 Å². The minimum absolute atomic E-state index is 0.160. The molecule has 0 aromatic heterocycles. The summed E-state index contributed by atoms with van der Waals surface area (Å²) in [6.45, 7) is 4.89. The number of carbonyl (C=O) groups is 1. The van der Waals surface area contributed by atoms with E-state index in [9.17, 15) is 4.79 Å². The summed E-state index contributed by atoms with van der Waals surface area (Å²) in [5.41, 5.74) is 0.826. The molecule has 0 bridgehead atoms. The molecule has 0 spiro atoms. The highest BCUT2D eigenvalue weighted by Gasteiger charge is 2.16. The molecule has 1 atom stereocenters. The first-order chi connectivity index (χ1) is 10.1. The zero-order valence-electron chi connectivity index (χ0n) is 12.6. The number of hydrogen-bond donors (Lipinski definition) is 1. The van der Waals surface area contributed by atoms with Crippen LogP contribution in [0.3, 0.4) is 0 Å². The second kappa shape index (κ2) is 8.85. The molecule has 1 aromatic rings. The van der Waals surface area contributed by atoms with Gasteiger partial charge in [0.25, 0.3) is 0 Å². The van der Waals surface area contributed by atoms with Crippen molar-refractivity contribution in [2.75, 3.05) is 24.6 Å². The maximum absolute atomic E-state index is 10.9. The van der Waals surface area contributed by atoms with Crippen molar-refractivity contribution in [3.63, 3.8) is 0 Å². The van der Waals surface area contributed by atoms with E-state index in [0.29, 0.717) is 13.2 Å². The molecule has 0 saturated heterocycles. The highest BCUT2D eigenvalue weighted by Crippen LogP contribution is 2.20. The summed E-state index contributed by atoms with van der Waals surface area (Å²) in [6.07, 6.45) is 2.10. The number of hydrogen-bond acceptors (Lipinski definition) is 4. The Kier molecular flexibility index (Phi) is 7.10. The van der Waals surface area contributed by atoms with Crippen molar-refractivity contribution in [2.24, 2.45) is 5.92 Å². The van der Waals surface area contributed by atoms with Gasteiger partial charge in [-0.3, -0.25) is 4.79 Å². The number of carboxylic acid groups (broad SMARTS) is 1. The monoisotopic (exact) mass is 290 g/mol. The van der Waals surface area contributed by atoms with Crippen LogP contribution in [0.2, 0.25) is 0 Å². The Balaban J connectivity index is 2.70. The van der Waals surface area contributed by atoms with Crippen LogP contribution in [-0.2, 0) is 4.79 Å². The lowest BCUT2D eigenvalue weighted by Gasteiger charge is -2.24. The summed E-state index contributed by atoms with van der Waals surface area (Å²) < 4.78 is 5.58. The minimum atomic E-state index is -0.863. The van der Waals surface area contributed by atoms with E-state index in [1.165, 1.54) is 0 Å². The molecule has 0 aliphatic carbocycles. The Morgan fingerprint density at radius 1 is 1.43 bits per heavy atom. The highest BCUT2D eigenvalue weighted by atomic mass is 16.5. The molecule has 0 aliphatic rings. The molecular weight excluding hydrogens is 268 g/mol. The Morgan fingerprint density at radius 2 is 2.10 bits per heavy atom. The number of nitriles is 1. The zero-order valence-corrected chi connectivity index (χ0v) is 12.6. The molecule has 0 radical (unpaired) electrons. The van der Waals surface area contributed by atoms with Gasteiger partial charge in [-0.05, 0) is 30.7 Å². The van der Waals surface area contributed by atoms with Gasteiger partial charge in [-0.2, -0.15) is 5.26 Å². The maximum Gasteiger partial charge on any atom is 0.308 e. The van der Waals surface area contributed by atoms with Crippen molar-refractivity contribution in [1.29, 1.82) is 5.26 Å². The summed E-state index contributed by atoms with van der Waals surface area (Å²) >= 11 is 0. The third-order valence-electron chi connectivity index (χ3n) is 3.15. The van der Waals surface area contributed by atoms with Crippen molar-refractivity contribution >= 4 is 11.7 Å². The van der Waals surface area contributed by atoms with Crippen molar-refractivity contribution in [1.82, 2.24) is 0 Å². The standard InChI is InChI=1S/C16H22N2O3/c1-3-4-11-21-15-7-5-14(6-8-15)18(10-9-17)12-13(2)16(19)20/h5-8,13H,3-4,10-12H2,1-2H3,(H,19,20). The lowest BCUT2D eigenvalue weighted by Crippen LogP contribution is -2.32. The second-order valence-electron chi connectivity index (χ2n) is 4.97. The highest BCUT2D eigenvalue weighted by molar-refractivity contribution is 5.70. The smallest absolute Gasteiger partial charge is 0.308 e. The molecule has 0 amide bonds. The third-order valence-corrected chi connectivity index (χ3v) is 3.15. The van der Waals surface area contributed by atoms with Gasteiger partial charge >= 0.3 is 5.97 Å². The normalized spacial score (nSPS) is 11.5. The van der Waals surface area contributed by atoms with E-state index in [1.807, 2.05) is 24.3 Å². The van der Waals surface area contributed by atoms with Crippen LogP contribution in [0.4, 0.5) is 5.69 Å². The van der Waals surface area contributed by atoms with E-state index in [-0.39, 0.29) is 6.54 Å². The van der Waals surface area contributed by atoms with Crippen LogP contribution in [0, 0.1) is 17.2 Å². The van der Waals surface area contributed by atoms with Gasteiger partial charge in [-0.1, -0.05) is 20.3 Å². The first-order valence-electron chi connectivity index (χ1n) is 7.16. The number of aliphatic carboxylic acids is 1. The largest absolute Gasteiger partial charge is 0.494 e. The van der Waals surface area contributed by atoms with Crippen LogP contribution in [-0.4, -0.2) is 30.8 Å². The average Bonchev–Trinajstić information content (AvgIpc) is 2.47. The van der Waals surface area contributed by atoms with Crippen LogP contribution in [0.5, 0.6) is 5.75 Å². The minimum Gasteiger partial charge on any atom is -0.494 e. The van der Waals surface area contributed by atoms with E-state index in [4.69, 9.17) is 15.1 Å². The topological polar surface area (TPSA) is 73.6 Å². The van der Waals surface area contributed by atoms with E-state index in [2.05, 4.69) is 13.0 Å². The average molecular weight is 290 g/mol. The first kappa shape index (κ1) is 16.8. The second-order valence-corrected chi connectivity index (χ2v) is 4.97. The Morgan fingerprint density at radius 3 is 2.62 bits per heavy atom. The van der Waals surface area contributed by atoms with Crippen molar-refractivity contribution in [2.45, 2.75) is 26.7 Å². The van der Waals surface area contributed by atoms with Crippen molar-refractivity contribution in [3.8, 4) is 11.8 Å². The Labute approximate surface area is 125 Å². The van der Waals surface area contributed by atoms with Gasteiger partial charge in [0.1, 0.15) is 12.3 Å². The maximum atomic E-state index is 10.9. The molecule has 5 heteroatoms. The van der Waals surface area contributed by atoms with E-state index >= 15 is 0 Å². The molecule has 1 N–H and O–H groups in total. The van der Waals surface area contributed by atoms with Gasteiger partial charge in [-0.15, -0.1) is 0 Å². The molecule has 0 fully saturated rings. The summed E-state index contributed by atoms with van der Waals surface area (Å²) in [7, 11) is 0. The van der Waals surface area contributed by atoms with Crippen LogP contribution in [0.25, 0.3) is 0 Å². The third kappa shape index (κ3) is 5.74. The van der Waals surface area contributed by atoms with Crippen LogP contribution < -0.4 is 9.64 Å². The number of nitrogens with zero attached hydrogens (tertiary/aromatic N) is 2. The molecule has 1 aromatic carbocycles. The summed E-state index contributed by atoms with van der Waals surface area (Å²) in [4.78, 5) is 12.7. The summed E-state index contributed by atoms with van der Waals surface area (Å²) in [6, 6.07) is 9.47. The number of unbranched alkanes of at least 4 members (excludes halogenated alkanes) is 1. The van der Waals surface area contributed by atoms with Gasteiger partial charge in [-0.25, -0.2) is 0 Å². The lowest BCUT2D eigenvalue weighted by molar-refractivity contribution is -0.140. The molecule has 5 nitrogen and oxygen atoms in total. The summed E-state index contributed by atoms with van der Waals surface area (Å²) in [5.74, 6) is -0.605. The Hall–Kier alpha value is -2.22. The van der Waals surface area contributed by atoms with Gasteiger partial charge in [0.05, 0.1) is 18.6 Å². The fraction of sp³-hybridized carbons (Fsp3) is 0.500.